The van der Waals surface area contributed by atoms with Gasteiger partial charge in [-0.05, 0) is 38.2 Å². The maximum absolute atomic E-state index is 12.9. The molecule has 1 aliphatic carbocycles. The first-order chi connectivity index (χ1) is 15.6. The van der Waals surface area contributed by atoms with Gasteiger partial charge in [-0.1, -0.05) is 12.8 Å². The van der Waals surface area contributed by atoms with Crippen molar-refractivity contribution in [2.75, 3.05) is 18.0 Å². The Balaban J connectivity index is 1.42. The van der Waals surface area contributed by atoms with Gasteiger partial charge >= 0.3 is 0 Å². The second-order valence-electron chi connectivity index (χ2n) is 8.73. The lowest BCUT2D eigenvalue weighted by Crippen LogP contribution is -2.48. The first-order valence-electron chi connectivity index (χ1n) is 11.3. The molecule has 1 N–H and O–H groups in total. The van der Waals surface area contributed by atoms with Crippen LogP contribution in [0.2, 0.25) is 0 Å². The molecule has 0 spiro atoms. The average Bonchev–Trinajstić information content (AvgIpc) is 3.34. The standard InChI is InChI=1S/C23H27N7O2/c1-15-11-20(31)30(17-6-2-3-7-17)21-18(15)12-26-23(28-21)29-10-4-5-16(14-29)27-22(32)19-13-24-8-9-25-19/h8-9,11-13,16-17H,2-7,10,14H2,1H3,(H,27,32). The molecule has 0 aromatic carbocycles. The van der Waals surface area contributed by atoms with E-state index in [0.717, 1.165) is 61.7 Å². The number of rotatable bonds is 4. The number of pyridine rings is 1. The number of nitrogens with one attached hydrogen (secondary N) is 1. The van der Waals surface area contributed by atoms with Crippen LogP contribution < -0.4 is 15.8 Å². The van der Waals surface area contributed by atoms with Crippen molar-refractivity contribution in [1.82, 2.24) is 29.8 Å². The first kappa shape index (κ1) is 20.5. The number of aryl methyl sites for hydroxylation is 1. The van der Waals surface area contributed by atoms with Crippen LogP contribution in [-0.4, -0.2) is 49.5 Å². The van der Waals surface area contributed by atoms with Crippen molar-refractivity contribution in [3.8, 4) is 0 Å². The molecule has 2 fully saturated rings. The molecule has 1 amide bonds. The van der Waals surface area contributed by atoms with Crippen LogP contribution in [0.1, 0.15) is 60.6 Å². The van der Waals surface area contributed by atoms with Gasteiger partial charge < -0.3 is 10.2 Å². The molecule has 1 aliphatic heterocycles. The van der Waals surface area contributed by atoms with Crippen LogP contribution in [0.4, 0.5) is 5.95 Å². The van der Waals surface area contributed by atoms with Crippen LogP contribution in [0.15, 0.2) is 35.6 Å². The number of piperidine rings is 1. The summed E-state index contributed by atoms with van der Waals surface area (Å²) in [5.74, 6) is 0.378. The van der Waals surface area contributed by atoms with Crippen LogP contribution >= 0.6 is 0 Å². The first-order valence-corrected chi connectivity index (χ1v) is 11.3. The van der Waals surface area contributed by atoms with E-state index in [1.807, 2.05) is 17.7 Å². The molecule has 9 heteroatoms. The Morgan fingerprint density at radius 1 is 1.09 bits per heavy atom. The summed E-state index contributed by atoms with van der Waals surface area (Å²) in [6.07, 6.45) is 12.5. The van der Waals surface area contributed by atoms with Gasteiger partial charge in [0.05, 0.1) is 6.20 Å². The van der Waals surface area contributed by atoms with Crippen LogP contribution in [0, 0.1) is 6.92 Å². The summed E-state index contributed by atoms with van der Waals surface area (Å²) in [5, 5.41) is 3.97. The molecule has 0 bridgehead atoms. The number of fused-ring (bicyclic) bond motifs is 1. The zero-order valence-corrected chi connectivity index (χ0v) is 18.2. The van der Waals surface area contributed by atoms with E-state index in [0.29, 0.717) is 18.2 Å². The number of hydrogen-bond donors (Lipinski definition) is 1. The Kier molecular flexibility index (Phi) is 5.55. The molecule has 166 valence electrons. The van der Waals surface area contributed by atoms with E-state index in [1.165, 1.54) is 12.4 Å². The molecule has 2 aliphatic rings. The highest BCUT2D eigenvalue weighted by Gasteiger charge is 2.26. The highest BCUT2D eigenvalue weighted by atomic mass is 16.2. The topological polar surface area (TPSA) is 106 Å². The number of hydrogen-bond acceptors (Lipinski definition) is 7. The van der Waals surface area contributed by atoms with E-state index in [9.17, 15) is 9.59 Å². The van der Waals surface area contributed by atoms with Crippen LogP contribution in [0.3, 0.4) is 0 Å². The average molecular weight is 434 g/mol. The third kappa shape index (κ3) is 3.94. The van der Waals surface area contributed by atoms with Crippen LogP contribution in [-0.2, 0) is 0 Å². The van der Waals surface area contributed by atoms with Gasteiger partial charge in [0.25, 0.3) is 11.5 Å². The molecule has 9 nitrogen and oxygen atoms in total. The molecule has 3 aromatic rings. The van der Waals surface area contributed by atoms with Crippen molar-refractivity contribution in [2.24, 2.45) is 0 Å². The minimum absolute atomic E-state index is 0.0132. The summed E-state index contributed by atoms with van der Waals surface area (Å²) >= 11 is 0. The summed E-state index contributed by atoms with van der Waals surface area (Å²) in [5.41, 5.74) is 1.94. The Morgan fingerprint density at radius 2 is 1.94 bits per heavy atom. The van der Waals surface area contributed by atoms with Crippen molar-refractivity contribution in [3.05, 3.63) is 52.5 Å². The SMILES string of the molecule is Cc1cc(=O)n(C2CCCC2)c2nc(N3CCCC(NC(=O)c4cnccn4)C3)ncc12. The highest BCUT2D eigenvalue weighted by Crippen LogP contribution is 2.31. The van der Waals surface area contributed by atoms with Gasteiger partial charge in [0.2, 0.25) is 5.95 Å². The fourth-order valence-corrected chi connectivity index (χ4v) is 4.88. The lowest BCUT2D eigenvalue weighted by atomic mass is 10.1. The minimum atomic E-state index is -0.227. The van der Waals surface area contributed by atoms with Crippen molar-refractivity contribution >= 4 is 22.9 Å². The molecule has 1 saturated heterocycles. The van der Waals surface area contributed by atoms with Crippen LogP contribution in [0.5, 0.6) is 0 Å². The molecule has 0 radical (unpaired) electrons. The van der Waals surface area contributed by atoms with Gasteiger partial charge in [0, 0.05) is 55.2 Å². The van der Waals surface area contributed by atoms with Gasteiger partial charge in [0.1, 0.15) is 11.3 Å². The number of amides is 1. The van der Waals surface area contributed by atoms with E-state index in [4.69, 9.17) is 4.98 Å². The fraction of sp³-hybridized carbons (Fsp3) is 0.478. The Labute approximate surface area is 185 Å². The van der Waals surface area contributed by atoms with Gasteiger partial charge in [-0.2, -0.15) is 4.98 Å². The second-order valence-corrected chi connectivity index (χ2v) is 8.73. The largest absolute Gasteiger partial charge is 0.346 e. The lowest BCUT2D eigenvalue weighted by molar-refractivity contribution is 0.0927. The second kappa shape index (κ2) is 8.64. The molecule has 1 saturated carbocycles. The Bertz CT molecular complexity index is 1190. The Hall–Kier alpha value is -3.36. The zero-order chi connectivity index (χ0) is 22.1. The molecule has 3 aromatic heterocycles. The normalized spacial score (nSPS) is 19.4. The van der Waals surface area contributed by atoms with Gasteiger partial charge in [-0.25, -0.2) is 9.97 Å². The van der Waals surface area contributed by atoms with E-state index < -0.39 is 0 Å². The van der Waals surface area contributed by atoms with E-state index in [1.54, 1.807) is 12.3 Å². The van der Waals surface area contributed by atoms with Crippen molar-refractivity contribution < 1.29 is 4.79 Å². The predicted octanol–water partition coefficient (Wildman–Crippen LogP) is 2.40. The third-order valence-electron chi connectivity index (χ3n) is 6.51. The number of carbonyl (C=O) groups is 1. The Morgan fingerprint density at radius 3 is 2.72 bits per heavy atom. The van der Waals surface area contributed by atoms with E-state index in [-0.39, 0.29) is 23.6 Å². The summed E-state index contributed by atoms with van der Waals surface area (Å²) in [7, 11) is 0. The van der Waals surface area contributed by atoms with Crippen molar-refractivity contribution in [1.29, 1.82) is 0 Å². The number of carbonyl (C=O) groups excluding carboxylic acids is 1. The number of nitrogens with zero attached hydrogens (tertiary/aromatic N) is 6. The molecule has 5 rings (SSSR count). The van der Waals surface area contributed by atoms with E-state index in [2.05, 4.69) is 25.2 Å². The quantitative estimate of drug-likeness (QED) is 0.673. The van der Waals surface area contributed by atoms with Crippen LogP contribution in [0.25, 0.3) is 11.0 Å². The molecule has 1 atom stereocenters. The zero-order valence-electron chi connectivity index (χ0n) is 18.2. The minimum Gasteiger partial charge on any atom is -0.346 e. The summed E-state index contributed by atoms with van der Waals surface area (Å²) in [4.78, 5) is 45.0. The maximum atomic E-state index is 12.9. The summed E-state index contributed by atoms with van der Waals surface area (Å²) in [6, 6.07) is 1.86. The monoisotopic (exact) mass is 433 g/mol. The van der Waals surface area contributed by atoms with Gasteiger partial charge in [-0.3, -0.25) is 19.1 Å². The smallest absolute Gasteiger partial charge is 0.271 e. The molecular formula is C23H27N7O2. The number of aromatic nitrogens is 5. The van der Waals surface area contributed by atoms with Gasteiger partial charge in [-0.15, -0.1) is 0 Å². The lowest BCUT2D eigenvalue weighted by Gasteiger charge is -2.33. The third-order valence-corrected chi connectivity index (χ3v) is 6.51. The number of anilines is 1. The van der Waals surface area contributed by atoms with E-state index >= 15 is 0 Å². The molecule has 4 heterocycles. The summed E-state index contributed by atoms with van der Waals surface area (Å²) < 4.78 is 1.87. The molecular weight excluding hydrogens is 406 g/mol. The predicted molar refractivity (Wildman–Crippen MR) is 121 cm³/mol. The summed E-state index contributed by atoms with van der Waals surface area (Å²) in [6.45, 7) is 3.35. The molecule has 1 unspecified atom stereocenters. The highest BCUT2D eigenvalue weighted by molar-refractivity contribution is 5.92. The maximum Gasteiger partial charge on any atom is 0.271 e. The molecule has 32 heavy (non-hydrogen) atoms. The van der Waals surface area contributed by atoms with Crippen molar-refractivity contribution in [3.63, 3.8) is 0 Å². The fourth-order valence-electron chi connectivity index (χ4n) is 4.88. The van der Waals surface area contributed by atoms with Gasteiger partial charge in [0.15, 0.2) is 0 Å². The van der Waals surface area contributed by atoms with Crippen molar-refractivity contribution in [2.45, 2.75) is 57.5 Å².